The van der Waals surface area contributed by atoms with E-state index in [2.05, 4.69) is 10.3 Å². The van der Waals surface area contributed by atoms with Crippen LogP contribution in [0, 0.1) is 13.8 Å². The molecule has 0 bridgehead atoms. The lowest BCUT2D eigenvalue weighted by Crippen LogP contribution is -2.20. The minimum Gasteiger partial charge on any atom is -0.325 e. The highest BCUT2D eigenvalue weighted by Crippen LogP contribution is 2.21. The molecule has 7 heteroatoms. The Balaban J connectivity index is 1.72. The molecule has 2 heterocycles. The van der Waals surface area contributed by atoms with E-state index in [1.807, 2.05) is 43.5 Å². The average molecular weight is 359 g/mol. The fourth-order valence-corrected chi connectivity index (χ4v) is 3.94. The Kier molecular flexibility index (Phi) is 4.73. The van der Waals surface area contributed by atoms with Gasteiger partial charge >= 0.3 is 0 Å². The van der Waals surface area contributed by atoms with Crippen LogP contribution in [0.3, 0.4) is 0 Å². The smallest absolute Gasteiger partial charge is 0.271 e. The van der Waals surface area contributed by atoms with E-state index in [0.717, 1.165) is 16.8 Å². The van der Waals surface area contributed by atoms with E-state index in [0.29, 0.717) is 15.4 Å². The Morgan fingerprint density at radius 3 is 2.88 bits per heavy atom. The number of benzene rings is 1. The van der Waals surface area contributed by atoms with Crippen LogP contribution in [-0.4, -0.2) is 21.2 Å². The molecule has 0 saturated heterocycles. The number of thiophene rings is 1. The molecule has 2 aromatic heterocycles. The number of amides is 1. The Hall–Kier alpha value is -2.12. The number of nitrogens with zero attached hydrogens (tertiary/aromatic N) is 2. The molecule has 0 spiro atoms. The Morgan fingerprint density at radius 1 is 1.33 bits per heavy atom. The Morgan fingerprint density at radius 2 is 2.12 bits per heavy atom. The van der Waals surface area contributed by atoms with Crippen molar-refractivity contribution in [3.63, 3.8) is 0 Å². The lowest BCUT2D eigenvalue weighted by molar-refractivity contribution is -0.113. The molecule has 0 atom stereocenters. The average Bonchev–Trinajstić information content (AvgIpc) is 3.01. The molecule has 0 aliphatic carbocycles. The lowest BCUT2D eigenvalue weighted by Gasteiger charge is -2.10. The van der Waals surface area contributed by atoms with Gasteiger partial charge in [0.1, 0.15) is 4.70 Å². The standard InChI is InChI=1S/C17H17N3O2S2/c1-10-4-5-12(11(2)8-10)18-14(21)9-24-17-19-13-6-7-23-15(13)16(22)20(17)3/h4-8H,9H2,1-3H3,(H,18,21). The van der Waals surface area contributed by atoms with Crippen molar-refractivity contribution in [2.45, 2.75) is 19.0 Å². The molecular weight excluding hydrogens is 342 g/mol. The van der Waals surface area contributed by atoms with Crippen LogP contribution in [0.5, 0.6) is 0 Å². The third-order valence-corrected chi connectivity index (χ3v) is 5.56. The van der Waals surface area contributed by atoms with Gasteiger partial charge in [0, 0.05) is 12.7 Å². The van der Waals surface area contributed by atoms with Crippen molar-refractivity contribution < 1.29 is 4.79 Å². The monoisotopic (exact) mass is 359 g/mol. The zero-order chi connectivity index (χ0) is 17.3. The van der Waals surface area contributed by atoms with Crippen LogP contribution in [0.1, 0.15) is 11.1 Å². The van der Waals surface area contributed by atoms with Crippen molar-refractivity contribution in [2.24, 2.45) is 7.05 Å². The third kappa shape index (κ3) is 3.37. The molecule has 0 fully saturated rings. The summed E-state index contributed by atoms with van der Waals surface area (Å²) >= 11 is 2.64. The molecule has 0 unspecified atom stereocenters. The van der Waals surface area contributed by atoms with Crippen LogP contribution in [0.4, 0.5) is 5.69 Å². The van der Waals surface area contributed by atoms with Crippen molar-refractivity contribution in [1.82, 2.24) is 9.55 Å². The van der Waals surface area contributed by atoms with Gasteiger partial charge in [-0.3, -0.25) is 14.2 Å². The van der Waals surface area contributed by atoms with Gasteiger partial charge in [0.25, 0.3) is 5.56 Å². The largest absolute Gasteiger partial charge is 0.325 e. The number of nitrogens with one attached hydrogen (secondary N) is 1. The molecule has 3 rings (SSSR count). The van der Waals surface area contributed by atoms with Gasteiger partial charge in [0.15, 0.2) is 5.16 Å². The molecule has 3 aromatic rings. The summed E-state index contributed by atoms with van der Waals surface area (Å²) in [6, 6.07) is 7.71. The summed E-state index contributed by atoms with van der Waals surface area (Å²) < 4.78 is 2.13. The Labute approximate surface area is 147 Å². The molecule has 1 aromatic carbocycles. The second-order valence-corrected chi connectivity index (χ2v) is 7.41. The van der Waals surface area contributed by atoms with Crippen LogP contribution in [0.15, 0.2) is 39.6 Å². The first-order valence-corrected chi connectivity index (χ1v) is 9.26. The molecule has 0 aliphatic heterocycles. The van der Waals surface area contributed by atoms with E-state index in [9.17, 15) is 9.59 Å². The van der Waals surface area contributed by atoms with Gasteiger partial charge < -0.3 is 5.32 Å². The van der Waals surface area contributed by atoms with E-state index < -0.39 is 0 Å². The van der Waals surface area contributed by atoms with Crippen molar-refractivity contribution in [3.8, 4) is 0 Å². The number of carbonyl (C=O) groups is 1. The zero-order valence-corrected chi connectivity index (χ0v) is 15.3. The maximum absolute atomic E-state index is 12.2. The van der Waals surface area contributed by atoms with E-state index >= 15 is 0 Å². The number of rotatable bonds is 4. The first-order chi connectivity index (χ1) is 11.5. The van der Waals surface area contributed by atoms with Gasteiger partial charge in [-0.2, -0.15) is 0 Å². The highest BCUT2D eigenvalue weighted by atomic mass is 32.2. The fraction of sp³-hybridized carbons (Fsp3) is 0.235. The maximum atomic E-state index is 12.2. The summed E-state index contributed by atoms with van der Waals surface area (Å²) in [5.41, 5.74) is 3.59. The number of hydrogen-bond donors (Lipinski definition) is 1. The molecule has 24 heavy (non-hydrogen) atoms. The van der Waals surface area contributed by atoms with Crippen LogP contribution >= 0.6 is 23.1 Å². The van der Waals surface area contributed by atoms with Gasteiger partial charge in [-0.05, 0) is 36.9 Å². The number of hydrogen-bond acceptors (Lipinski definition) is 5. The van der Waals surface area contributed by atoms with E-state index in [1.54, 1.807) is 7.05 Å². The number of thioether (sulfide) groups is 1. The van der Waals surface area contributed by atoms with Crippen LogP contribution in [0.25, 0.3) is 10.2 Å². The molecule has 124 valence electrons. The van der Waals surface area contributed by atoms with Crippen LogP contribution in [-0.2, 0) is 11.8 Å². The number of carbonyl (C=O) groups excluding carboxylic acids is 1. The molecule has 1 N–H and O–H groups in total. The van der Waals surface area contributed by atoms with Crippen LogP contribution in [0.2, 0.25) is 0 Å². The molecule has 1 amide bonds. The summed E-state index contributed by atoms with van der Waals surface area (Å²) in [4.78, 5) is 28.9. The second-order valence-electron chi connectivity index (χ2n) is 5.55. The van der Waals surface area contributed by atoms with Crippen molar-refractivity contribution in [2.75, 3.05) is 11.1 Å². The molecule has 0 saturated carbocycles. The molecule has 5 nitrogen and oxygen atoms in total. The zero-order valence-electron chi connectivity index (χ0n) is 13.6. The molecular formula is C17H17N3O2S2. The topological polar surface area (TPSA) is 64.0 Å². The Bertz CT molecular complexity index is 976. The number of fused-ring (bicyclic) bond motifs is 1. The lowest BCUT2D eigenvalue weighted by atomic mass is 10.1. The quantitative estimate of drug-likeness (QED) is 0.573. The summed E-state index contributed by atoms with van der Waals surface area (Å²) in [6.07, 6.45) is 0. The predicted molar refractivity (Wildman–Crippen MR) is 100 cm³/mol. The highest BCUT2D eigenvalue weighted by Gasteiger charge is 2.12. The third-order valence-electron chi connectivity index (χ3n) is 3.63. The minimum absolute atomic E-state index is 0.0766. The van der Waals surface area contributed by atoms with Crippen molar-refractivity contribution in [1.29, 1.82) is 0 Å². The van der Waals surface area contributed by atoms with Crippen molar-refractivity contribution >= 4 is 44.9 Å². The highest BCUT2D eigenvalue weighted by molar-refractivity contribution is 7.99. The van der Waals surface area contributed by atoms with Gasteiger partial charge in [-0.1, -0.05) is 29.5 Å². The fourth-order valence-electron chi connectivity index (χ4n) is 2.37. The minimum atomic E-state index is -0.119. The number of anilines is 1. The second kappa shape index (κ2) is 6.78. The van der Waals surface area contributed by atoms with E-state index in [-0.39, 0.29) is 17.2 Å². The normalized spacial score (nSPS) is 11.0. The summed E-state index contributed by atoms with van der Waals surface area (Å²) in [5, 5.41) is 5.29. The summed E-state index contributed by atoms with van der Waals surface area (Å²) in [6.45, 7) is 3.98. The molecule has 0 aliphatic rings. The van der Waals surface area contributed by atoms with Crippen LogP contribution < -0.4 is 10.9 Å². The summed E-state index contributed by atoms with van der Waals surface area (Å²) in [5.74, 6) is 0.0788. The number of aryl methyl sites for hydroxylation is 2. The molecule has 0 radical (unpaired) electrons. The van der Waals surface area contributed by atoms with Gasteiger partial charge in [-0.25, -0.2) is 4.98 Å². The van der Waals surface area contributed by atoms with E-state index in [1.165, 1.54) is 27.7 Å². The first-order valence-electron chi connectivity index (χ1n) is 7.40. The van der Waals surface area contributed by atoms with Gasteiger partial charge in [0.05, 0.1) is 11.3 Å². The summed E-state index contributed by atoms with van der Waals surface area (Å²) in [7, 11) is 1.68. The van der Waals surface area contributed by atoms with Crippen molar-refractivity contribution in [3.05, 3.63) is 51.1 Å². The maximum Gasteiger partial charge on any atom is 0.271 e. The SMILES string of the molecule is Cc1ccc(NC(=O)CSc2nc3ccsc3c(=O)n2C)c(C)c1. The predicted octanol–water partition coefficient (Wildman–Crippen LogP) is 3.34. The van der Waals surface area contributed by atoms with E-state index in [4.69, 9.17) is 0 Å². The van der Waals surface area contributed by atoms with Gasteiger partial charge in [0.2, 0.25) is 5.91 Å². The number of aromatic nitrogens is 2. The van der Waals surface area contributed by atoms with Gasteiger partial charge in [-0.15, -0.1) is 11.3 Å². The first kappa shape index (κ1) is 16.7.